The van der Waals surface area contributed by atoms with Gasteiger partial charge in [-0.3, -0.25) is 24.2 Å². The molecule has 2 heterocycles. The average molecular weight is 626 g/mol. The van der Waals surface area contributed by atoms with Gasteiger partial charge in [-0.2, -0.15) is 0 Å². The van der Waals surface area contributed by atoms with Gasteiger partial charge in [0.25, 0.3) is 5.91 Å². The highest BCUT2D eigenvalue weighted by molar-refractivity contribution is 5.93. The van der Waals surface area contributed by atoms with Crippen LogP contribution in [0, 0.1) is 23.7 Å². The van der Waals surface area contributed by atoms with E-state index in [1.54, 1.807) is 25.3 Å². The lowest BCUT2D eigenvalue weighted by Gasteiger charge is -2.36. The quantitative estimate of drug-likeness (QED) is 0.345. The standard InChI is InChI=1S/C34H51N5O6/c1-21(2)30-33(43)36-28(20-25-13-11-14-26(40)19-25)34(44)39-18-12-15-27(38-39)32(42)35-17-10-8-7-9-16-29(45-6)23(4)22(3)24(5)31(41)37-30/h7-9,11,13-14,16,19,21-24,27-30,38,40H,10,12,15,17-18,20H2,1-6H3,(H,35,42)(H,36,43)(H,37,41)/b8-7+,16-9+/t22-,23-,24-,27+,28+,29+,30+/m1/s1. The largest absolute Gasteiger partial charge is 0.508 e. The molecular weight excluding hydrogens is 574 g/mol. The first-order valence-electron chi connectivity index (χ1n) is 16.0. The highest BCUT2D eigenvalue weighted by Gasteiger charge is 2.36. The number of carbonyl (C=O) groups is 4. The Kier molecular flexibility index (Phi) is 13.6. The van der Waals surface area contributed by atoms with Crippen LogP contribution in [-0.2, 0) is 30.3 Å². The number of fused-ring (bicyclic) bond motifs is 2. The lowest BCUT2D eigenvalue weighted by Crippen LogP contribution is -2.63. The molecule has 0 aliphatic carbocycles. The van der Waals surface area contributed by atoms with E-state index in [9.17, 15) is 24.3 Å². The van der Waals surface area contributed by atoms with Crippen LogP contribution in [0.2, 0.25) is 0 Å². The maximum atomic E-state index is 13.9. The van der Waals surface area contributed by atoms with Gasteiger partial charge in [0.15, 0.2) is 0 Å². The Morgan fingerprint density at radius 1 is 1.00 bits per heavy atom. The maximum Gasteiger partial charge on any atom is 0.259 e. The van der Waals surface area contributed by atoms with Gasteiger partial charge in [-0.05, 0) is 54.7 Å². The number of nitrogens with one attached hydrogen (secondary N) is 4. The summed E-state index contributed by atoms with van der Waals surface area (Å²) in [4.78, 5) is 54.2. The molecule has 1 aromatic rings. The third-order valence-electron chi connectivity index (χ3n) is 8.96. The molecule has 4 amide bonds. The Labute approximate surface area is 267 Å². The van der Waals surface area contributed by atoms with E-state index >= 15 is 0 Å². The molecule has 11 nitrogen and oxygen atoms in total. The lowest BCUT2D eigenvalue weighted by molar-refractivity contribution is -0.143. The summed E-state index contributed by atoms with van der Waals surface area (Å²) in [5.41, 5.74) is 3.71. The summed E-state index contributed by atoms with van der Waals surface area (Å²) in [5, 5.41) is 20.2. The molecular formula is C34H51N5O6. The van der Waals surface area contributed by atoms with Gasteiger partial charge in [-0.25, -0.2) is 5.43 Å². The minimum atomic E-state index is -1.01. The molecule has 0 aromatic heterocycles. The molecule has 0 radical (unpaired) electrons. The predicted molar refractivity (Wildman–Crippen MR) is 173 cm³/mol. The second kappa shape index (κ2) is 17.1. The molecule has 1 aromatic carbocycles. The van der Waals surface area contributed by atoms with Crippen LogP contribution in [0.15, 0.2) is 48.6 Å². The van der Waals surface area contributed by atoms with Crippen molar-refractivity contribution < 1.29 is 29.0 Å². The second-order valence-electron chi connectivity index (χ2n) is 12.6. The number of rotatable bonds is 4. The number of phenols is 1. The number of hydrazine groups is 1. The van der Waals surface area contributed by atoms with Crippen molar-refractivity contribution in [2.45, 2.75) is 84.5 Å². The predicted octanol–water partition coefficient (Wildman–Crippen LogP) is 2.61. The van der Waals surface area contributed by atoms with E-state index in [-0.39, 0.29) is 47.8 Å². The zero-order valence-corrected chi connectivity index (χ0v) is 27.4. The van der Waals surface area contributed by atoms with E-state index < -0.39 is 35.9 Å². The van der Waals surface area contributed by atoms with Crippen LogP contribution < -0.4 is 21.4 Å². The van der Waals surface area contributed by atoms with Gasteiger partial charge >= 0.3 is 0 Å². The van der Waals surface area contributed by atoms with Crippen molar-refractivity contribution in [3.05, 3.63) is 54.1 Å². The Balaban J connectivity index is 1.93. The van der Waals surface area contributed by atoms with Gasteiger partial charge < -0.3 is 25.8 Å². The van der Waals surface area contributed by atoms with Crippen LogP contribution in [0.5, 0.6) is 5.75 Å². The van der Waals surface area contributed by atoms with Crippen molar-refractivity contribution in [2.75, 3.05) is 20.2 Å². The molecule has 2 aliphatic rings. The Morgan fingerprint density at radius 3 is 2.44 bits per heavy atom. The van der Waals surface area contributed by atoms with Gasteiger partial charge in [0.05, 0.1) is 6.10 Å². The topological polar surface area (TPSA) is 149 Å². The van der Waals surface area contributed by atoms with Gasteiger partial charge in [0, 0.05) is 32.5 Å². The van der Waals surface area contributed by atoms with Crippen LogP contribution in [0.3, 0.4) is 0 Å². The number of amides is 4. The zero-order valence-electron chi connectivity index (χ0n) is 27.4. The number of allylic oxidation sites excluding steroid dienone is 2. The maximum absolute atomic E-state index is 13.9. The lowest BCUT2D eigenvalue weighted by atomic mass is 9.81. The number of methoxy groups -OCH3 is 1. The van der Waals surface area contributed by atoms with Crippen LogP contribution in [0.25, 0.3) is 0 Å². The summed E-state index contributed by atoms with van der Waals surface area (Å²) in [6, 6.07) is 4.01. The summed E-state index contributed by atoms with van der Waals surface area (Å²) >= 11 is 0. The highest BCUT2D eigenvalue weighted by atomic mass is 16.5. The normalized spacial score (nSPS) is 31.2. The number of hydrogen-bond acceptors (Lipinski definition) is 7. The van der Waals surface area contributed by atoms with Gasteiger partial charge in [-0.15, -0.1) is 0 Å². The first-order valence-corrected chi connectivity index (χ1v) is 16.0. The van der Waals surface area contributed by atoms with Crippen molar-refractivity contribution in [1.82, 2.24) is 26.4 Å². The van der Waals surface area contributed by atoms with E-state index in [2.05, 4.69) is 21.4 Å². The first kappa shape index (κ1) is 35.8. The molecule has 2 bridgehead atoms. The Hall–Kier alpha value is -3.70. The van der Waals surface area contributed by atoms with Crippen LogP contribution in [0.1, 0.15) is 59.4 Å². The minimum absolute atomic E-state index is 0.00544. The zero-order chi connectivity index (χ0) is 33.1. The monoisotopic (exact) mass is 625 g/mol. The molecule has 1 fully saturated rings. The summed E-state index contributed by atoms with van der Waals surface area (Å²) in [6.07, 6.45) is 9.42. The van der Waals surface area contributed by atoms with E-state index in [0.717, 1.165) is 0 Å². The Bertz CT molecular complexity index is 1230. The first-order chi connectivity index (χ1) is 21.4. The van der Waals surface area contributed by atoms with Crippen molar-refractivity contribution in [1.29, 1.82) is 0 Å². The summed E-state index contributed by atoms with van der Waals surface area (Å²) in [7, 11) is 1.64. The number of phenolic OH excluding ortho intramolecular Hbond substituents is 1. The van der Waals surface area contributed by atoms with Gasteiger partial charge in [0.2, 0.25) is 17.7 Å². The fourth-order valence-electron chi connectivity index (χ4n) is 5.73. The van der Waals surface area contributed by atoms with Crippen molar-refractivity contribution >= 4 is 23.6 Å². The summed E-state index contributed by atoms with van der Waals surface area (Å²) < 4.78 is 5.73. The molecule has 0 spiro atoms. The fraction of sp³-hybridized carbons (Fsp3) is 0.588. The number of benzene rings is 1. The van der Waals surface area contributed by atoms with E-state index in [1.807, 2.05) is 58.9 Å². The minimum Gasteiger partial charge on any atom is -0.508 e. The molecule has 3 rings (SSSR count). The molecule has 1 saturated heterocycles. The van der Waals surface area contributed by atoms with Crippen LogP contribution in [0.4, 0.5) is 0 Å². The van der Waals surface area contributed by atoms with E-state index in [4.69, 9.17) is 4.74 Å². The number of nitrogens with zero attached hydrogens (tertiary/aromatic N) is 1. The second-order valence-corrected chi connectivity index (χ2v) is 12.6. The Morgan fingerprint density at radius 2 is 1.76 bits per heavy atom. The molecule has 11 heteroatoms. The number of hydrogen-bond donors (Lipinski definition) is 5. The third-order valence-corrected chi connectivity index (χ3v) is 8.96. The third kappa shape index (κ3) is 10.2. The van der Waals surface area contributed by atoms with Crippen molar-refractivity contribution in [3.63, 3.8) is 0 Å². The fourth-order valence-corrected chi connectivity index (χ4v) is 5.73. The van der Waals surface area contributed by atoms with Crippen LogP contribution in [-0.4, -0.2) is 78.2 Å². The van der Waals surface area contributed by atoms with Crippen LogP contribution >= 0.6 is 0 Å². The number of carbonyl (C=O) groups excluding carboxylic acids is 4. The molecule has 0 saturated carbocycles. The molecule has 5 N–H and O–H groups in total. The van der Waals surface area contributed by atoms with Crippen molar-refractivity contribution in [2.24, 2.45) is 23.7 Å². The van der Waals surface area contributed by atoms with E-state index in [1.165, 1.54) is 11.1 Å². The van der Waals surface area contributed by atoms with Gasteiger partial charge in [0.1, 0.15) is 23.9 Å². The number of ether oxygens (including phenoxy) is 1. The smallest absolute Gasteiger partial charge is 0.259 e. The summed E-state index contributed by atoms with van der Waals surface area (Å²) in [5.74, 6) is -2.07. The van der Waals surface area contributed by atoms with E-state index in [0.29, 0.717) is 37.9 Å². The molecule has 7 atom stereocenters. The molecule has 45 heavy (non-hydrogen) atoms. The molecule has 2 aliphatic heterocycles. The SMILES string of the molecule is CO[C@H]1/C=C/C=C/CCNC(=O)[C@@H]2CCCN(N2)C(=O)[C@H](Cc2cccc(O)c2)NC(=O)[C@H](C(C)C)NC(=O)[C@H](C)[C@H](C)[C@H]1C. The molecule has 0 unspecified atom stereocenters. The average Bonchev–Trinajstić information content (AvgIpc) is 3.02. The summed E-state index contributed by atoms with van der Waals surface area (Å²) in [6.45, 7) is 10.4. The van der Waals surface area contributed by atoms with Crippen molar-refractivity contribution in [3.8, 4) is 5.75 Å². The highest BCUT2D eigenvalue weighted by Crippen LogP contribution is 2.26. The molecule has 248 valence electrons. The number of aromatic hydroxyl groups is 1. The van der Waals surface area contributed by atoms with Gasteiger partial charge in [-0.1, -0.05) is 71.1 Å².